The van der Waals surface area contributed by atoms with E-state index in [4.69, 9.17) is 0 Å². The third kappa shape index (κ3) is 3.44. The minimum atomic E-state index is 0.0232. The first-order valence-electron chi connectivity index (χ1n) is 9.34. The van der Waals surface area contributed by atoms with Gasteiger partial charge in [-0.2, -0.15) is 0 Å². The second-order valence-electron chi connectivity index (χ2n) is 7.37. The van der Waals surface area contributed by atoms with Crippen LogP contribution in [0.2, 0.25) is 0 Å². The average molecular weight is 367 g/mol. The average Bonchev–Trinajstić information content (AvgIpc) is 3.07. The molecule has 0 saturated carbocycles. The van der Waals surface area contributed by atoms with E-state index in [1.54, 1.807) is 17.2 Å². The topological polar surface area (TPSA) is 72.1 Å². The van der Waals surface area contributed by atoms with Crippen molar-refractivity contribution in [2.45, 2.75) is 26.4 Å². The fourth-order valence-electron chi connectivity index (χ4n) is 3.50. The number of aryl methyl sites for hydroxylation is 1. The van der Waals surface area contributed by atoms with Crippen LogP contribution >= 0.6 is 0 Å². The largest absolute Gasteiger partial charge is 0.369 e. The molecule has 0 aliphatic carbocycles. The first kappa shape index (κ1) is 17.7. The summed E-state index contributed by atoms with van der Waals surface area (Å²) in [4.78, 5) is 21.8. The standard InChI is InChI=1S/C19H25N7O/c1-14(2)26-12-20-17-10-15(4-5-16(17)19(26)27)25-8-6-24(7-9-25)11-18-22-21-13-23(18)3/h4-5,10,12-14H,6-9,11H2,1-3H3. The quantitative estimate of drug-likeness (QED) is 0.695. The Morgan fingerprint density at radius 1 is 1.11 bits per heavy atom. The lowest BCUT2D eigenvalue weighted by molar-refractivity contribution is 0.241. The van der Waals surface area contributed by atoms with Crippen LogP contribution < -0.4 is 10.5 Å². The van der Waals surface area contributed by atoms with Gasteiger partial charge in [-0.05, 0) is 32.0 Å². The first-order valence-corrected chi connectivity index (χ1v) is 9.34. The van der Waals surface area contributed by atoms with E-state index in [0.717, 1.165) is 49.8 Å². The molecule has 1 saturated heterocycles. The summed E-state index contributed by atoms with van der Waals surface area (Å²) < 4.78 is 3.64. The van der Waals surface area contributed by atoms with Crippen LogP contribution in [-0.2, 0) is 13.6 Å². The van der Waals surface area contributed by atoms with Gasteiger partial charge in [-0.25, -0.2) is 4.98 Å². The van der Waals surface area contributed by atoms with Crippen molar-refractivity contribution < 1.29 is 0 Å². The van der Waals surface area contributed by atoms with Crippen molar-refractivity contribution in [2.75, 3.05) is 31.1 Å². The zero-order valence-electron chi connectivity index (χ0n) is 16.0. The number of nitrogens with zero attached hydrogens (tertiary/aromatic N) is 7. The van der Waals surface area contributed by atoms with Gasteiger partial charge in [0.15, 0.2) is 0 Å². The van der Waals surface area contributed by atoms with E-state index in [2.05, 4.69) is 25.0 Å². The van der Waals surface area contributed by atoms with Crippen LogP contribution in [0.4, 0.5) is 5.69 Å². The molecule has 0 bridgehead atoms. The summed E-state index contributed by atoms with van der Waals surface area (Å²) in [5, 5.41) is 8.79. The lowest BCUT2D eigenvalue weighted by atomic mass is 10.2. The van der Waals surface area contributed by atoms with Gasteiger partial charge in [-0.1, -0.05) is 0 Å². The molecule has 0 spiro atoms. The molecule has 0 atom stereocenters. The third-order valence-electron chi connectivity index (χ3n) is 5.23. The van der Waals surface area contributed by atoms with Crippen LogP contribution in [0, 0.1) is 0 Å². The Bertz CT molecular complexity index is 999. The van der Waals surface area contributed by atoms with E-state index in [1.165, 1.54) is 0 Å². The maximum atomic E-state index is 12.6. The molecule has 0 amide bonds. The number of hydrogen-bond acceptors (Lipinski definition) is 6. The molecule has 1 fully saturated rings. The first-order chi connectivity index (χ1) is 13.0. The van der Waals surface area contributed by atoms with E-state index >= 15 is 0 Å². The normalized spacial score (nSPS) is 15.8. The van der Waals surface area contributed by atoms with E-state index in [9.17, 15) is 4.79 Å². The smallest absolute Gasteiger partial charge is 0.261 e. The van der Waals surface area contributed by atoms with Gasteiger partial charge >= 0.3 is 0 Å². The van der Waals surface area contributed by atoms with Crippen molar-refractivity contribution in [3.05, 3.63) is 47.0 Å². The van der Waals surface area contributed by atoms with E-state index < -0.39 is 0 Å². The molecule has 8 nitrogen and oxygen atoms in total. The SMILES string of the molecule is CC(C)n1cnc2cc(N3CCN(Cc4nncn4C)CC3)ccc2c1=O. The number of hydrogen-bond donors (Lipinski definition) is 0. The molecule has 3 aromatic rings. The van der Waals surface area contributed by atoms with Gasteiger partial charge in [0.25, 0.3) is 5.56 Å². The molecule has 1 aliphatic rings. The van der Waals surface area contributed by atoms with E-state index in [0.29, 0.717) is 5.39 Å². The molecular formula is C19H25N7O. The number of fused-ring (bicyclic) bond motifs is 1. The zero-order valence-corrected chi connectivity index (χ0v) is 16.0. The number of rotatable bonds is 4. The molecule has 4 rings (SSSR count). The number of aromatic nitrogens is 5. The summed E-state index contributed by atoms with van der Waals surface area (Å²) in [6.07, 6.45) is 3.39. The van der Waals surface area contributed by atoms with Crippen LogP contribution in [0.1, 0.15) is 25.7 Å². The van der Waals surface area contributed by atoms with Gasteiger partial charge in [0, 0.05) is 45.0 Å². The predicted molar refractivity (Wildman–Crippen MR) is 105 cm³/mol. The fraction of sp³-hybridized carbons (Fsp3) is 0.474. The fourth-order valence-corrected chi connectivity index (χ4v) is 3.50. The van der Waals surface area contributed by atoms with Gasteiger partial charge in [-0.15, -0.1) is 10.2 Å². The summed E-state index contributed by atoms with van der Waals surface area (Å²) in [7, 11) is 1.97. The molecule has 1 aromatic carbocycles. The molecule has 0 unspecified atom stereocenters. The lowest BCUT2D eigenvalue weighted by Gasteiger charge is -2.35. The maximum Gasteiger partial charge on any atom is 0.261 e. The molecule has 2 aromatic heterocycles. The van der Waals surface area contributed by atoms with Gasteiger partial charge in [0.2, 0.25) is 0 Å². The number of anilines is 1. The summed E-state index contributed by atoms with van der Waals surface area (Å²) >= 11 is 0. The molecular weight excluding hydrogens is 342 g/mol. The summed E-state index contributed by atoms with van der Waals surface area (Å²) in [6, 6.07) is 6.08. The second-order valence-corrected chi connectivity index (χ2v) is 7.37. The summed E-state index contributed by atoms with van der Waals surface area (Å²) in [6.45, 7) is 8.60. The number of benzene rings is 1. The van der Waals surface area contributed by atoms with E-state index in [-0.39, 0.29) is 11.6 Å². The second kappa shape index (κ2) is 7.11. The Hall–Kier alpha value is -2.74. The highest BCUT2D eigenvalue weighted by molar-refractivity contribution is 5.81. The molecule has 0 radical (unpaired) electrons. The molecule has 27 heavy (non-hydrogen) atoms. The minimum absolute atomic E-state index is 0.0232. The summed E-state index contributed by atoms with van der Waals surface area (Å²) in [5.74, 6) is 0.986. The van der Waals surface area contributed by atoms with Gasteiger partial charge < -0.3 is 9.47 Å². The molecule has 142 valence electrons. The van der Waals surface area contributed by atoms with E-state index in [1.807, 2.05) is 43.7 Å². The third-order valence-corrected chi connectivity index (χ3v) is 5.23. The zero-order chi connectivity index (χ0) is 19.0. The van der Waals surface area contributed by atoms with Crippen molar-refractivity contribution in [2.24, 2.45) is 7.05 Å². The van der Waals surface area contributed by atoms with Crippen molar-refractivity contribution in [3.63, 3.8) is 0 Å². The molecule has 1 aliphatic heterocycles. The van der Waals surface area contributed by atoms with Crippen molar-refractivity contribution >= 4 is 16.6 Å². The lowest BCUT2D eigenvalue weighted by Crippen LogP contribution is -2.46. The Morgan fingerprint density at radius 2 is 1.89 bits per heavy atom. The maximum absolute atomic E-state index is 12.6. The number of piperazine rings is 1. The van der Waals surface area contributed by atoms with Crippen molar-refractivity contribution in [3.8, 4) is 0 Å². The predicted octanol–water partition coefficient (Wildman–Crippen LogP) is 1.43. The highest BCUT2D eigenvalue weighted by Crippen LogP contribution is 2.21. The van der Waals surface area contributed by atoms with Crippen LogP contribution in [0.25, 0.3) is 10.9 Å². The Balaban J connectivity index is 1.48. The monoisotopic (exact) mass is 367 g/mol. The van der Waals surface area contributed by atoms with Gasteiger partial charge in [-0.3, -0.25) is 14.3 Å². The molecule has 8 heteroatoms. The molecule has 0 N–H and O–H groups in total. The van der Waals surface area contributed by atoms with Gasteiger partial charge in [0.05, 0.1) is 23.8 Å². The molecule has 3 heterocycles. The van der Waals surface area contributed by atoms with Crippen LogP contribution in [-0.4, -0.2) is 55.4 Å². The van der Waals surface area contributed by atoms with Crippen molar-refractivity contribution in [1.82, 2.24) is 29.2 Å². The summed E-state index contributed by atoms with van der Waals surface area (Å²) in [5.41, 5.74) is 1.90. The Morgan fingerprint density at radius 3 is 2.56 bits per heavy atom. The highest BCUT2D eigenvalue weighted by atomic mass is 16.1. The van der Waals surface area contributed by atoms with Crippen molar-refractivity contribution in [1.29, 1.82) is 0 Å². The Kier molecular flexibility index (Phi) is 4.65. The van der Waals surface area contributed by atoms with Crippen LogP contribution in [0.5, 0.6) is 0 Å². The highest BCUT2D eigenvalue weighted by Gasteiger charge is 2.19. The Labute approximate surface area is 158 Å². The van der Waals surface area contributed by atoms with Crippen LogP contribution in [0.3, 0.4) is 0 Å². The van der Waals surface area contributed by atoms with Crippen LogP contribution in [0.15, 0.2) is 35.6 Å². The van der Waals surface area contributed by atoms with Gasteiger partial charge in [0.1, 0.15) is 12.2 Å². The minimum Gasteiger partial charge on any atom is -0.369 e.